The molecule has 0 unspecified atom stereocenters. The smallest absolute Gasteiger partial charge is 0.468 e. The fraction of sp³-hybridized carbons (Fsp3) is 0.176. The number of furan rings is 2. The topological polar surface area (TPSA) is 96.2 Å². The molecule has 0 saturated carbocycles. The van der Waals surface area contributed by atoms with Gasteiger partial charge in [0.25, 0.3) is 0 Å². The number of rotatable bonds is 8. The second-order valence-electron chi connectivity index (χ2n) is 5.38. The molecule has 0 saturated heterocycles. The summed E-state index contributed by atoms with van der Waals surface area (Å²) in [5, 5.41) is 0. The van der Waals surface area contributed by atoms with Crippen LogP contribution >= 0.6 is 31.7 Å². The van der Waals surface area contributed by atoms with Crippen molar-refractivity contribution in [1.82, 2.24) is 0 Å². The van der Waals surface area contributed by atoms with Crippen LogP contribution in [0.3, 0.4) is 0 Å². The van der Waals surface area contributed by atoms with E-state index in [2.05, 4.69) is 0 Å². The summed E-state index contributed by atoms with van der Waals surface area (Å²) in [7, 11) is -4.41. The van der Waals surface area contributed by atoms with Gasteiger partial charge in [-0.2, -0.15) is 14.7 Å². The van der Waals surface area contributed by atoms with Crippen molar-refractivity contribution >= 4 is 31.7 Å². The largest absolute Gasteiger partial charge is 0.613 e. The summed E-state index contributed by atoms with van der Waals surface area (Å²) in [6.45, 7) is 1.96. The minimum atomic E-state index is -4.41. The standard InChI is InChI=1S/C17H18O6PS2.Ni/c1-12-6-7-15(23-24(18,19)20)17(26-11-14-5-3-9-22-14)16(12)25-10-13-4-2-8-21-13;/h2-9,18-20H,10-11H2,1H3;/q+1;. The summed E-state index contributed by atoms with van der Waals surface area (Å²) in [4.78, 5) is 29.6. The summed E-state index contributed by atoms with van der Waals surface area (Å²) < 4.78 is 15.8. The molecule has 0 bridgehead atoms. The van der Waals surface area contributed by atoms with Crippen molar-refractivity contribution in [2.24, 2.45) is 0 Å². The third-order valence-corrected chi connectivity index (χ3v) is 6.31. The zero-order valence-corrected chi connectivity index (χ0v) is 17.7. The molecule has 0 atom stereocenters. The first-order valence-corrected chi connectivity index (χ1v) is 11.2. The molecule has 1 aromatic carbocycles. The van der Waals surface area contributed by atoms with Gasteiger partial charge in [0, 0.05) is 21.4 Å². The summed E-state index contributed by atoms with van der Waals surface area (Å²) in [5.74, 6) is 2.98. The monoisotopic (exact) mass is 471 g/mol. The van der Waals surface area contributed by atoms with Crippen LogP contribution in [0.2, 0.25) is 0 Å². The van der Waals surface area contributed by atoms with E-state index in [-0.39, 0.29) is 22.2 Å². The molecular formula is C17H18NiO6PS2+. The SMILES string of the molecule is Cc1ccc(O[P+](O)(O)O)c(SCc2ccco2)c1SCc1ccco1.[Ni]. The van der Waals surface area contributed by atoms with Crippen molar-refractivity contribution in [3.63, 3.8) is 0 Å². The van der Waals surface area contributed by atoms with Crippen LogP contribution in [0.4, 0.5) is 0 Å². The average Bonchev–Trinajstić information content (AvgIpc) is 3.26. The van der Waals surface area contributed by atoms with E-state index >= 15 is 0 Å². The van der Waals surface area contributed by atoms with Crippen LogP contribution in [-0.4, -0.2) is 14.7 Å². The number of aryl methyl sites for hydroxylation is 1. The van der Waals surface area contributed by atoms with E-state index in [1.54, 1.807) is 30.4 Å². The molecule has 0 spiro atoms. The predicted molar refractivity (Wildman–Crippen MR) is 102 cm³/mol. The summed E-state index contributed by atoms with van der Waals surface area (Å²) in [6.07, 6.45) is 3.22. The van der Waals surface area contributed by atoms with E-state index < -0.39 is 8.17 Å². The van der Waals surface area contributed by atoms with Crippen molar-refractivity contribution in [1.29, 1.82) is 0 Å². The Bertz CT molecular complexity index is 834. The Kier molecular flexibility index (Phi) is 8.31. The summed E-state index contributed by atoms with van der Waals surface area (Å²) in [5.41, 5.74) is 1.01. The summed E-state index contributed by atoms with van der Waals surface area (Å²) in [6, 6.07) is 10.8. The molecule has 148 valence electrons. The van der Waals surface area contributed by atoms with Crippen LogP contribution < -0.4 is 4.52 Å². The van der Waals surface area contributed by atoms with Gasteiger partial charge in [0.1, 0.15) is 11.5 Å². The van der Waals surface area contributed by atoms with Crippen LogP contribution in [0.15, 0.2) is 67.5 Å². The Hall–Kier alpha value is -0.916. The minimum absolute atomic E-state index is 0. The zero-order chi connectivity index (χ0) is 18.6. The van der Waals surface area contributed by atoms with E-state index in [4.69, 9.17) is 13.4 Å². The zero-order valence-electron chi connectivity index (χ0n) is 14.2. The van der Waals surface area contributed by atoms with Gasteiger partial charge in [-0.1, -0.05) is 6.07 Å². The van der Waals surface area contributed by atoms with Crippen molar-refractivity contribution in [2.75, 3.05) is 0 Å². The molecule has 10 heteroatoms. The molecule has 2 aromatic heterocycles. The second-order valence-corrected chi connectivity index (χ2v) is 8.56. The van der Waals surface area contributed by atoms with Gasteiger partial charge in [-0.3, -0.25) is 4.52 Å². The molecule has 2 heterocycles. The quantitative estimate of drug-likeness (QED) is 0.245. The molecule has 0 aliphatic heterocycles. The Morgan fingerprint density at radius 2 is 1.44 bits per heavy atom. The van der Waals surface area contributed by atoms with E-state index in [0.717, 1.165) is 22.0 Å². The van der Waals surface area contributed by atoms with Crippen LogP contribution in [-0.2, 0) is 28.0 Å². The Morgan fingerprint density at radius 3 is 1.93 bits per heavy atom. The van der Waals surface area contributed by atoms with Gasteiger partial charge >= 0.3 is 8.17 Å². The van der Waals surface area contributed by atoms with Gasteiger partial charge in [0.2, 0.25) is 0 Å². The van der Waals surface area contributed by atoms with Crippen molar-refractivity contribution in [3.8, 4) is 5.75 Å². The van der Waals surface area contributed by atoms with E-state index in [1.807, 2.05) is 37.3 Å². The molecule has 0 aliphatic carbocycles. The van der Waals surface area contributed by atoms with Crippen LogP contribution in [0, 0.1) is 6.92 Å². The van der Waals surface area contributed by atoms with Gasteiger partial charge in [-0.05, 0) is 42.8 Å². The minimum Gasteiger partial charge on any atom is -0.468 e. The van der Waals surface area contributed by atoms with Gasteiger partial charge < -0.3 is 8.83 Å². The van der Waals surface area contributed by atoms with Crippen LogP contribution in [0.25, 0.3) is 0 Å². The number of hydrogen-bond donors (Lipinski definition) is 3. The van der Waals surface area contributed by atoms with Crippen LogP contribution in [0.5, 0.6) is 5.75 Å². The van der Waals surface area contributed by atoms with Crippen molar-refractivity contribution in [3.05, 3.63) is 66.0 Å². The molecule has 27 heavy (non-hydrogen) atoms. The molecule has 3 rings (SSSR count). The summed E-state index contributed by atoms with van der Waals surface area (Å²) >= 11 is 2.99. The van der Waals surface area contributed by atoms with Gasteiger partial charge in [0.15, 0.2) is 5.75 Å². The third-order valence-electron chi connectivity index (χ3n) is 3.37. The third kappa shape index (κ3) is 6.58. The van der Waals surface area contributed by atoms with Crippen LogP contribution in [0.1, 0.15) is 17.1 Å². The van der Waals surface area contributed by atoms with Crippen molar-refractivity contribution < 1.29 is 44.5 Å². The van der Waals surface area contributed by atoms with E-state index in [1.165, 1.54) is 11.8 Å². The van der Waals surface area contributed by atoms with Crippen molar-refractivity contribution in [2.45, 2.75) is 28.2 Å². The average molecular weight is 472 g/mol. The second kappa shape index (κ2) is 10.0. The van der Waals surface area contributed by atoms with Gasteiger partial charge in [-0.25, -0.2) is 0 Å². The first kappa shape index (κ1) is 22.4. The maximum atomic E-state index is 9.34. The first-order valence-electron chi connectivity index (χ1n) is 7.63. The fourth-order valence-corrected chi connectivity index (χ4v) is 5.04. The molecule has 3 aromatic rings. The maximum absolute atomic E-state index is 9.34. The predicted octanol–water partition coefficient (Wildman–Crippen LogP) is 4.80. The van der Waals surface area contributed by atoms with Gasteiger partial charge in [0.05, 0.1) is 28.9 Å². The molecule has 0 aliphatic rings. The normalized spacial score (nSPS) is 11.3. The first-order chi connectivity index (χ1) is 12.4. The Morgan fingerprint density at radius 1 is 0.889 bits per heavy atom. The number of thioether (sulfide) groups is 2. The Labute approximate surface area is 175 Å². The van der Waals surface area contributed by atoms with E-state index in [0.29, 0.717) is 16.4 Å². The molecule has 6 nitrogen and oxygen atoms in total. The van der Waals surface area contributed by atoms with Gasteiger partial charge in [-0.15, -0.1) is 23.5 Å². The number of hydrogen-bond acceptors (Lipinski definition) is 8. The molecule has 0 radical (unpaired) electrons. The molecular weight excluding hydrogens is 454 g/mol. The molecule has 3 N–H and O–H groups in total. The fourth-order valence-electron chi connectivity index (χ4n) is 2.24. The van der Waals surface area contributed by atoms with E-state index in [9.17, 15) is 14.7 Å². The Balaban J connectivity index is 0.00000261. The molecule has 0 fully saturated rings. The molecule has 0 amide bonds. The number of benzene rings is 1. The maximum Gasteiger partial charge on any atom is 0.613 e.